The molecule has 1 aliphatic heterocycles. The quantitative estimate of drug-likeness (QED) is 0.259. The van der Waals surface area contributed by atoms with Gasteiger partial charge in [0, 0.05) is 17.2 Å². The fourth-order valence-electron chi connectivity index (χ4n) is 3.52. The highest BCUT2D eigenvalue weighted by Gasteiger charge is 2.36. The lowest BCUT2D eigenvalue weighted by Gasteiger charge is -2.13. The topological polar surface area (TPSA) is 89.8 Å². The van der Waals surface area contributed by atoms with Crippen LogP contribution in [0.2, 0.25) is 0 Å². The van der Waals surface area contributed by atoms with Gasteiger partial charge >= 0.3 is 0 Å². The maximum atomic E-state index is 13.1. The predicted molar refractivity (Wildman–Crippen MR) is 124 cm³/mol. The van der Waals surface area contributed by atoms with E-state index in [1.165, 1.54) is 6.07 Å². The summed E-state index contributed by atoms with van der Waals surface area (Å²) in [5.41, 5.74) is 0.908. The standard InChI is InChI=1S/C24H20N2O5S/c1-2-13-31-21-12-11-16-7-3-5-9-18(16)19(21)14-22-23(27)25(24(28)32-22)15-17-8-4-6-10-20(17)26(29)30/h3-12,14H,2,13,15H2,1H3/b22-14-. The molecule has 1 saturated heterocycles. The molecule has 1 aliphatic rings. The van der Waals surface area contributed by atoms with Crippen LogP contribution in [0.5, 0.6) is 5.75 Å². The van der Waals surface area contributed by atoms with E-state index in [4.69, 9.17) is 4.74 Å². The maximum Gasteiger partial charge on any atom is 0.293 e. The third kappa shape index (κ3) is 4.22. The zero-order valence-electron chi connectivity index (χ0n) is 17.3. The molecule has 0 atom stereocenters. The Morgan fingerprint density at radius 3 is 2.59 bits per heavy atom. The van der Waals surface area contributed by atoms with E-state index in [0.29, 0.717) is 17.9 Å². The number of amides is 2. The second-order valence-electron chi connectivity index (χ2n) is 7.20. The van der Waals surface area contributed by atoms with Crippen LogP contribution >= 0.6 is 11.8 Å². The van der Waals surface area contributed by atoms with Crippen molar-refractivity contribution in [2.75, 3.05) is 6.61 Å². The molecule has 0 aliphatic carbocycles. The monoisotopic (exact) mass is 448 g/mol. The average molecular weight is 449 g/mol. The number of hydrogen-bond acceptors (Lipinski definition) is 6. The SMILES string of the molecule is CCCOc1ccc2ccccc2c1/C=C1\SC(=O)N(Cc2ccccc2[N+](=O)[O-])C1=O. The van der Waals surface area contributed by atoms with Gasteiger partial charge in [0.1, 0.15) is 5.75 Å². The van der Waals surface area contributed by atoms with E-state index in [2.05, 4.69) is 0 Å². The number of nitro groups is 1. The highest BCUT2D eigenvalue weighted by atomic mass is 32.2. The van der Waals surface area contributed by atoms with Gasteiger partial charge in [-0.15, -0.1) is 0 Å². The Kier molecular flexibility index (Phi) is 6.23. The van der Waals surface area contributed by atoms with Gasteiger partial charge in [0.05, 0.1) is 23.0 Å². The molecule has 0 aromatic heterocycles. The van der Waals surface area contributed by atoms with E-state index in [0.717, 1.165) is 39.4 Å². The number of hydrogen-bond donors (Lipinski definition) is 0. The smallest absolute Gasteiger partial charge is 0.293 e. The van der Waals surface area contributed by atoms with Crippen molar-refractivity contribution in [2.24, 2.45) is 0 Å². The third-order valence-corrected chi connectivity index (χ3v) is 5.97. The van der Waals surface area contributed by atoms with Crippen LogP contribution in [0.25, 0.3) is 16.8 Å². The molecule has 3 aromatic rings. The van der Waals surface area contributed by atoms with Gasteiger partial charge in [-0.1, -0.05) is 55.5 Å². The number of benzene rings is 3. The Hall–Kier alpha value is -3.65. The van der Waals surface area contributed by atoms with E-state index < -0.39 is 16.1 Å². The van der Waals surface area contributed by atoms with Crippen LogP contribution in [0.3, 0.4) is 0 Å². The first kappa shape index (κ1) is 21.6. The molecule has 3 aromatic carbocycles. The fraction of sp³-hybridized carbons (Fsp3) is 0.167. The van der Waals surface area contributed by atoms with Crippen LogP contribution in [0.1, 0.15) is 24.5 Å². The number of carbonyl (C=O) groups excluding carboxylic acids is 2. The summed E-state index contributed by atoms with van der Waals surface area (Å²) in [5.74, 6) is 0.156. The van der Waals surface area contributed by atoms with Crippen LogP contribution in [0, 0.1) is 10.1 Å². The molecule has 4 rings (SSSR count). The molecular formula is C24H20N2O5S. The van der Waals surface area contributed by atoms with E-state index >= 15 is 0 Å². The second kappa shape index (κ2) is 9.23. The second-order valence-corrected chi connectivity index (χ2v) is 8.19. The highest BCUT2D eigenvalue weighted by molar-refractivity contribution is 8.18. The van der Waals surface area contributed by atoms with Gasteiger partial charge in [-0.2, -0.15) is 0 Å². The Balaban J connectivity index is 1.71. The summed E-state index contributed by atoms with van der Waals surface area (Å²) in [7, 11) is 0. The van der Waals surface area contributed by atoms with Crippen molar-refractivity contribution in [3.63, 3.8) is 0 Å². The van der Waals surface area contributed by atoms with E-state index in [-0.39, 0.29) is 17.1 Å². The van der Waals surface area contributed by atoms with Gasteiger partial charge < -0.3 is 4.74 Å². The summed E-state index contributed by atoms with van der Waals surface area (Å²) in [6, 6.07) is 17.7. The number of nitrogens with zero attached hydrogens (tertiary/aromatic N) is 2. The molecule has 2 amide bonds. The molecule has 0 spiro atoms. The molecular weight excluding hydrogens is 428 g/mol. The van der Waals surface area contributed by atoms with Crippen LogP contribution in [0.15, 0.2) is 65.6 Å². The number of carbonyl (C=O) groups is 2. The molecule has 7 nitrogen and oxygen atoms in total. The Morgan fingerprint density at radius 2 is 1.81 bits per heavy atom. The molecule has 0 bridgehead atoms. The Bertz CT molecular complexity index is 1250. The Labute approximate surface area is 188 Å². The zero-order chi connectivity index (χ0) is 22.7. The molecule has 8 heteroatoms. The molecule has 0 N–H and O–H groups in total. The first-order valence-electron chi connectivity index (χ1n) is 10.1. The van der Waals surface area contributed by atoms with Crippen molar-refractivity contribution >= 4 is 45.4 Å². The summed E-state index contributed by atoms with van der Waals surface area (Å²) < 4.78 is 5.89. The zero-order valence-corrected chi connectivity index (χ0v) is 18.1. The van der Waals surface area contributed by atoms with Crippen LogP contribution in [-0.4, -0.2) is 27.6 Å². The third-order valence-electron chi connectivity index (χ3n) is 5.06. The molecule has 1 fully saturated rings. The number of para-hydroxylation sites is 1. The first-order chi connectivity index (χ1) is 15.5. The van der Waals surface area contributed by atoms with E-state index in [1.54, 1.807) is 24.3 Å². The van der Waals surface area contributed by atoms with Crippen LogP contribution in [0.4, 0.5) is 10.5 Å². The minimum atomic E-state index is -0.516. The normalized spacial score (nSPS) is 15.0. The fourth-order valence-corrected chi connectivity index (χ4v) is 4.34. The summed E-state index contributed by atoms with van der Waals surface area (Å²) in [4.78, 5) is 37.8. The van der Waals surface area contributed by atoms with Crippen molar-refractivity contribution in [3.05, 3.63) is 86.8 Å². The number of ether oxygens (including phenoxy) is 1. The van der Waals surface area contributed by atoms with E-state index in [9.17, 15) is 19.7 Å². The number of thioether (sulfide) groups is 1. The van der Waals surface area contributed by atoms with Gasteiger partial charge in [-0.3, -0.25) is 24.6 Å². The number of rotatable bonds is 7. The number of fused-ring (bicyclic) bond motifs is 1. The van der Waals surface area contributed by atoms with Crippen molar-refractivity contribution < 1.29 is 19.2 Å². The summed E-state index contributed by atoms with van der Waals surface area (Å²) >= 11 is 0.824. The molecule has 0 radical (unpaired) electrons. The summed E-state index contributed by atoms with van der Waals surface area (Å²) in [5, 5.41) is 12.7. The number of nitro benzene ring substituents is 1. The average Bonchev–Trinajstić information content (AvgIpc) is 3.06. The maximum absolute atomic E-state index is 13.1. The van der Waals surface area contributed by atoms with Crippen LogP contribution in [-0.2, 0) is 11.3 Å². The largest absolute Gasteiger partial charge is 0.493 e. The molecule has 32 heavy (non-hydrogen) atoms. The van der Waals surface area contributed by atoms with Gasteiger partial charge in [0.2, 0.25) is 0 Å². The Morgan fingerprint density at radius 1 is 1.06 bits per heavy atom. The summed E-state index contributed by atoms with van der Waals surface area (Å²) in [6.45, 7) is 2.38. The lowest BCUT2D eigenvalue weighted by molar-refractivity contribution is -0.385. The predicted octanol–water partition coefficient (Wildman–Crippen LogP) is 5.77. The van der Waals surface area contributed by atoms with Crippen molar-refractivity contribution in [1.82, 2.24) is 4.90 Å². The lowest BCUT2D eigenvalue weighted by Crippen LogP contribution is -2.27. The molecule has 162 valence electrons. The van der Waals surface area contributed by atoms with Crippen LogP contribution < -0.4 is 4.74 Å². The van der Waals surface area contributed by atoms with Crippen molar-refractivity contribution in [1.29, 1.82) is 0 Å². The summed E-state index contributed by atoms with van der Waals surface area (Å²) in [6.07, 6.45) is 2.51. The van der Waals surface area contributed by atoms with Crippen molar-refractivity contribution in [2.45, 2.75) is 19.9 Å². The molecule has 0 unspecified atom stereocenters. The van der Waals surface area contributed by atoms with Gasteiger partial charge in [-0.25, -0.2) is 0 Å². The highest BCUT2D eigenvalue weighted by Crippen LogP contribution is 2.38. The molecule has 0 saturated carbocycles. The van der Waals surface area contributed by atoms with Crippen molar-refractivity contribution in [3.8, 4) is 5.75 Å². The van der Waals surface area contributed by atoms with E-state index in [1.807, 2.05) is 43.3 Å². The lowest BCUT2D eigenvalue weighted by atomic mass is 10.0. The minimum Gasteiger partial charge on any atom is -0.493 e. The number of imide groups is 1. The minimum absolute atomic E-state index is 0.125. The molecule has 1 heterocycles. The van der Waals surface area contributed by atoms with Gasteiger partial charge in [0.15, 0.2) is 0 Å². The van der Waals surface area contributed by atoms with Gasteiger partial charge in [-0.05, 0) is 41.1 Å². The van der Waals surface area contributed by atoms with Gasteiger partial charge in [0.25, 0.3) is 16.8 Å². The first-order valence-corrected chi connectivity index (χ1v) is 10.9.